The fourth-order valence-electron chi connectivity index (χ4n) is 2.46. The third-order valence-electron chi connectivity index (χ3n) is 3.27. The van der Waals surface area contributed by atoms with Gasteiger partial charge in [-0.2, -0.15) is 0 Å². The fourth-order valence-corrected chi connectivity index (χ4v) is 2.46. The molecule has 142 valence electrons. The Bertz CT molecular complexity index is 516. The zero-order valence-corrected chi connectivity index (χ0v) is 14.4. The molecular weight excluding hydrogens is 340 g/mol. The van der Waals surface area contributed by atoms with E-state index in [2.05, 4.69) is 0 Å². The smallest absolute Gasteiger partial charge is 0.303 e. The highest BCUT2D eigenvalue weighted by Crippen LogP contribution is 2.29. The second kappa shape index (κ2) is 9.33. The lowest BCUT2D eigenvalue weighted by Gasteiger charge is -2.43. The number of hydrogen-bond donors (Lipinski definition) is 1. The number of esters is 4. The van der Waals surface area contributed by atoms with E-state index in [1.807, 2.05) is 0 Å². The van der Waals surface area contributed by atoms with Crippen LogP contribution in [0.15, 0.2) is 0 Å². The molecule has 1 aliphatic heterocycles. The number of carbonyl (C=O) groups excluding carboxylic acids is 4. The van der Waals surface area contributed by atoms with Crippen LogP contribution in [0, 0.1) is 0 Å². The molecule has 0 aromatic heterocycles. The molecular formula is C15H22O10. The lowest BCUT2D eigenvalue weighted by Crippen LogP contribution is -2.63. The van der Waals surface area contributed by atoms with E-state index >= 15 is 0 Å². The van der Waals surface area contributed by atoms with Gasteiger partial charge in [-0.1, -0.05) is 0 Å². The molecule has 0 amide bonds. The maximum Gasteiger partial charge on any atom is 0.303 e. The summed E-state index contributed by atoms with van der Waals surface area (Å²) in [6.07, 6.45) is -5.74. The first-order valence-corrected chi connectivity index (χ1v) is 7.57. The minimum Gasteiger partial charge on any atom is -0.463 e. The highest BCUT2D eigenvalue weighted by Gasteiger charge is 2.51. The van der Waals surface area contributed by atoms with Crippen LogP contribution in [0.5, 0.6) is 0 Å². The van der Waals surface area contributed by atoms with Gasteiger partial charge in [0.05, 0.1) is 6.61 Å². The molecule has 1 saturated heterocycles. The van der Waals surface area contributed by atoms with Crippen LogP contribution in [0.2, 0.25) is 0 Å². The molecule has 0 aliphatic carbocycles. The molecule has 0 radical (unpaired) electrons. The Hall–Kier alpha value is -2.20. The number of hydrogen-bond acceptors (Lipinski definition) is 10. The van der Waals surface area contributed by atoms with Crippen molar-refractivity contribution in [2.45, 2.75) is 58.2 Å². The standard InChI is InChI=1S/C15H22O10/c1-7(17)21-6-12-14(23-9(3)19)15(24-10(4)20)13(22-8(2)18)11(5-16)25-12/h11-16H,5-6H2,1-4H3/t11?,12-,13+,14-,15+/m1/s1. The van der Waals surface area contributed by atoms with Crippen molar-refractivity contribution in [3.63, 3.8) is 0 Å². The number of aliphatic hydroxyl groups is 1. The maximum atomic E-state index is 11.5. The monoisotopic (exact) mass is 362 g/mol. The van der Waals surface area contributed by atoms with E-state index in [0.717, 1.165) is 20.8 Å². The number of carbonyl (C=O) groups is 4. The van der Waals surface area contributed by atoms with E-state index in [0.29, 0.717) is 0 Å². The van der Waals surface area contributed by atoms with Gasteiger partial charge in [-0.25, -0.2) is 0 Å². The van der Waals surface area contributed by atoms with Gasteiger partial charge in [0.25, 0.3) is 0 Å². The van der Waals surface area contributed by atoms with Crippen LogP contribution in [0.3, 0.4) is 0 Å². The summed E-state index contributed by atoms with van der Waals surface area (Å²) in [6, 6.07) is 0. The number of rotatable bonds is 6. The summed E-state index contributed by atoms with van der Waals surface area (Å²) in [5.74, 6) is -2.73. The van der Waals surface area contributed by atoms with Crippen molar-refractivity contribution in [1.29, 1.82) is 0 Å². The van der Waals surface area contributed by atoms with Gasteiger partial charge in [0.2, 0.25) is 0 Å². The molecule has 0 saturated carbocycles. The van der Waals surface area contributed by atoms with Crippen molar-refractivity contribution in [3.8, 4) is 0 Å². The molecule has 0 spiro atoms. The molecule has 25 heavy (non-hydrogen) atoms. The van der Waals surface area contributed by atoms with Crippen LogP contribution in [0.25, 0.3) is 0 Å². The SMILES string of the molecule is CC(=O)OC[C@H]1OC(CO)[C@H](OC(C)=O)[C@H](OC(C)=O)[C@@H]1OC(C)=O. The summed E-state index contributed by atoms with van der Waals surface area (Å²) in [4.78, 5) is 45.3. The normalized spacial score (nSPS) is 28.6. The van der Waals surface area contributed by atoms with Crippen LogP contribution >= 0.6 is 0 Å². The van der Waals surface area contributed by atoms with Gasteiger partial charge in [-0.15, -0.1) is 0 Å². The van der Waals surface area contributed by atoms with Crippen LogP contribution in [0.1, 0.15) is 27.7 Å². The van der Waals surface area contributed by atoms with Crippen molar-refractivity contribution in [1.82, 2.24) is 0 Å². The average Bonchev–Trinajstić information content (AvgIpc) is 2.48. The van der Waals surface area contributed by atoms with Crippen LogP contribution in [0.4, 0.5) is 0 Å². The topological polar surface area (TPSA) is 135 Å². The largest absolute Gasteiger partial charge is 0.463 e. The van der Waals surface area contributed by atoms with E-state index in [4.69, 9.17) is 23.7 Å². The van der Waals surface area contributed by atoms with E-state index in [1.54, 1.807) is 0 Å². The quantitative estimate of drug-likeness (QED) is 0.468. The molecule has 10 nitrogen and oxygen atoms in total. The first kappa shape index (κ1) is 20.8. The van der Waals surface area contributed by atoms with Crippen molar-refractivity contribution in [2.75, 3.05) is 13.2 Å². The zero-order chi connectivity index (χ0) is 19.1. The Labute approximate surface area is 144 Å². The van der Waals surface area contributed by atoms with Crippen LogP contribution < -0.4 is 0 Å². The minimum atomic E-state index is -1.24. The van der Waals surface area contributed by atoms with Gasteiger partial charge in [0.1, 0.15) is 18.8 Å². The predicted molar refractivity (Wildman–Crippen MR) is 79.0 cm³/mol. The molecule has 10 heteroatoms. The van der Waals surface area contributed by atoms with Gasteiger partial charge in [-0.05, 0) is 0 Å². The van der Waals surface area contributed by atoms with Gasteiger partial charge >= 0.3 is 23.9 Å². The molecule has 0 aromatic rings. The van der Waals surface area contributed by atoms with E-state index < -0.39 is 61.0 Å². The number of aliphatic hydroxyl groups excluding tert-OH is 1. The first-order chi connectivity index (χ1) is 11.6. The average molecular weight is 362 g/mol. The Kier molecular flexibility index (Phi) is 7.78. The van der Waals surface area contributed by atoms with Gasteiger partial charge in [-0.3, -0.25) is 19.2 Å². The third kappa shape index (κ3) is 6.31. The molecule has 1 rings (SSSR count). The highest BCUT2D eigenvalue weighted by molar-refractivity contribution is 5.68. The zero-order valence-electron chi connectivity index (χ0n) is 14.4. The molecule has 1 fully saturated rings. The second-order valence-corrected chi connectivity index (χ2v) is 5.42. The minimum absolute atomic E-state index is 0.311. The summed E-state index contributed by atoms with van der Waals surface area (Å²) < 4.78 is 25.8. The first-order valence-electron chi connectivity index (χ1n) is 7.57. The van der Waals surface area contributed by atoms with Crippen molar-refractivity contribution in [3.05, 3.63) is 0 Å². The molecule has 5 atom stereocenters. The Morgan fingerprint density at radius 2 is 1.20 bits per heavy atom. The van der Waals surface area contributed by atoms with E-state index in [9.17, 15) is 24.3 Å². The maximum absolute atomic E-state index is 11.5. The molecule has 0 bridgehead atoms. The second-order valence-electron chi connectivity index (χ2n) is 5.42. The molecule has 1 unspecified atom stereocenters. The Morgan fingerprint density at radius 3 is 1.60 bits per heavy atom. The summed E-state index contributed by atoms with van der Waals surface area (Å²) in [5, 5.41) is 9.52. The lowest BCUT2D eigenvalue weighted by molar-refractivity contribution is -0.256. The summed E-state index contributed by atoms with van der Waals surface area (Å²) in [6.45, 7) is 3.68. The van der Waals surface area contributed by atoms with Crippen molar-refractivity contribution in [2.24, 2.45) is 0 Å². The predicted octanol–water partition coefficient (Wildman–Crippen LogP) is -0.896. The van der Waals surface area contributed by atoms with Crippen LogP contribution in [-0.2, 0) is 42.9 Å². The summed E-state index contributed by atoms with van der Waals surface area (Å²) in [5.41, 5.74) is 0. The van der Waals surface area contributed by atoms with Gasteiger partial charge in [0.15, 0.2) is 18.3 Å². The van der Waals surface area contributed by atoms with Crippen molar-refractivity contribution >= 4 is 23.9 Å². The van der Waals surface area contributed by atoms with Gasteiger partial charge < -0.3 is 28.8 Å². The number of ether oxygens (including phenoxy) is 5. The summed E-state index contributed by atoms with van der Waals surface area (Å²) >= 11 is 0. The highest BCUT2D eigenvalue weighted by atomic mass is 16.7. The van der Waals surface area contributed by atoms with Gasteiger partial charge in [0, 0.05) is 27.7 Å². The lowest BCUT2D eigenvalue weighted by atomic mass is 9.94. The molecule has 1 heterocycles. The Morgan fingerprint density at radius 1 is 0.760 bits per heavy atom. The Balaban J connectivity index is 3.18. The molecule has 1 N–H and O–H groups in total. The summed E-state index contributed by atoms with van der Waals surface area (Å²) in [7, 11) is 0. The van der Waals surface area contributed by atoms with E-state index in [-0.39, 0.29) is 6.61 Å². The van der Waals surface area contributed by atoms with Crippen LogP contribution in [-0.4, -0.2) is 72.7 Å². The molecule has 1 aliphatic rings. The third-order valence-corrected chi connectivity index (χ3v) is 3.27. The van der Waals surface area contributed by atoms with E-state index in [1.165, 1.54) is 6.92 Å². The van der Waals surface area contributed by atoms with Crippen molar-refractivity contribution < 1.29 is 48.0 Å². The molecule has 0 aromatic carbocycles. The fraction of sp³-hybridized carbons (Fsp3) is 0.733.